The first-order chi connectivity index (χ1) is 15.6. The molecule has 5 heterocycles. The molecule has 0 aromatic carbocycles. The van der Waals surface area contributed by atoms with Gasteiger partial charge in [0.1, 0.15) is 11.4 Å². The number of likely N-dealkylation sites (tertiary alicyclic amines) is 1. The fourth-order valence-corrected chi connectivity index (χ4v) is 5.34. The summed E-state index contributed by atoms with van der Waals surface area (Å²) >= 11 is 0. The summed E-state index contributed by atoms with van der Waals surface area (Å²) in [7, 11) is 2.21. The van der Waals surface area contributed by atoms with Crippen LogP contribution in [0, 0.1) is 5.92 Å². The number of nitrogens with zero attached hydrogens (tertiary/aromatic N) is 6. The van der Waals surface area contributed by atoms with Gasteiger partial charge in [-0.25, -0.2) is 9.50 Å². The van der Waals surface area contributed by atoms with Gasteiger partial charge in [-0.05, 0) is 37.9 Å². The molecule has 3 aliphatic rings. The third-order valence-electron chi connectivity index (χ3n) is 7.25. The molecule has 6 rings (SSSR count). The molecule has 0 bridgehead atoms. The molecule has 8 nitrogen and oxygen atoms in total. The third kappa shape index (κ3) is 3.42. The van der Waals surface area contributed by atoms with Crippen LogP contribution in [0.25, 0.3) is 5.52 Å². The summed E-state index contributed by atoms with van der Waals surface area (Å²) < 4.78 is 10.5. The highest BCUT2D eigenvalue weighted by molar-refractivity contribution is 6.00. The minimum absolute atomic E-state index is 0.0441. The molecular formula is C24H30N6O2. The molecule has 1 saturated carbocycles. The number of aromatic nitrogens is 4. The Morgan fingerprint density at radius 3 is 2.88 bits per heavy atom. The van der Waals surface area contributed by atoms with Crippen LogP contribution in [0.5, 0.6) is 0 Å². The SMILES string of the molecule is CN(Cc1cnc2n1CCOC21CCN(C(=O)c2cnn3ccccc23)CC1)CC1CC1. The molecule has 0 atom stereocenters. The number of hydrogen-bond acceptors (Lipinski definition) is 5. The highest BCUT2D eigenvalue weighted by Crippen LogP contribution is 2.39. The van der Waals surface area contributed by atoms with Gasteiger partial charge in [-0.15, -0.1) is 0 Å². The molecule has 2 aliphatic heterocycles. The molecule has 0 unspecified atom stereocenters. The normalized spacial score (nSPS) is 20.2. The van der Waals surface area contributed by atoms with E-state index >= 15 is 0 Å². The quantitative estimate of drug-likeness (QED) is 0.617. The zero-order valence-electron chi connectivity index (χ0n) is 18.6. The lowest BCUT2D eigenvalue weighted by molar-refractivity contribution is -0.112. The van der Waals surface area contributed by atoms with Gasteiger partial charge in [-0.1, -0.05) is 6.07 Å². The molecule has 1 saturated heterocycles. The molecular weight excluding hydrogens is 404 g/mol. The smallest absolute Gasteiger partial charge is 0.257 e. The summed E-state index contributed by atoms with van der Waals surface area (Å²) in [5.74, 6) is 1.97. The van der Waals surface area contributed by atoms with Crippen molar-refractivity contribution in [2.45, 2.75) is 44.4 Å². The summed E-state index contributed by atoms with van der Waals surface area (Å²) in [5.41, 5.74) is 2.40. The van der Waals surface area contributed by atoms with Crippen LogP contribution in [0.1, 0.15) is 47.6 Å². The number of amides is 1. The van der Waals surface area contributed by atoms with Crippen LogP contribution in [0.15, 0.2) is 36.8 Å². The molecule has 8 heteroatoms. The molecule has 1 aliphatic carbocycles. The van der Waals surface area contributed by atoms with E-state index in [0.717, 1.165) is 43.2 Å². The molecule has 0 N–H and O–H groups in total. The summed E-state index contributed by atoms with van der Waals surface area (Å²) in [6.45, 7) is 4.97. The number of ether oxygens (including phenoxy) is 1. The first-order valence-corrected chi connectivity index (χ1v) is 11.7. The maximum absolute atomic E-state index is 13.2. The number of fused-ring (bicyclic) bond motifs is 3. The fraction of sp³-hybridized carbons (Fsp3) is 0.542. The Morgan fingerprint density at radius 1 is 1.22 bits per heavy atom. The van der Waals surface area contributed by atoms with Crippen LogP contribution in [-0.4, -0.2) is 68.2 Å². The second kappa shape index (κ2) is 7.71. The minimum Gasteiger partial charge on any atom is -0.365 e. The number of hydrogen-bond donors (Lipinski definition) is 0. The topological polar surface area (TPSA) is 67.9 Å². The zero-order valence-corrected chi connectivity index (χ0v) is 18.6. The summed E-state index contributed by atoms with van der Waals surface area (Å²) in [6, 6.07) is 5.79. The van der Waals surface area contributed by atoms with Crippen LogP contribution in [0.4, 0.5) is 0 Å². The van der Waals surface area contributed by atoms with E-state index in [2.05, 4.69) is 21.6 Å². The number of pyridine rings is 1. The summed E-state index contributed by atoms with van der Waals surface area (Å²) in [5, 5.41) is 4.32. The maximum Gasteiger partial charge on any atom is 0.257 e. The second-order valence-electron chi connectivity index (χ2n) is 9.59. The molecule has 0 radical (unpaired) electrons. The number of carbonyl (C=O) groups is 1. The van der Waals surface area contributed by atoms with E-state index in [-0.39, 0.29) is 11.5 Å². The predicted molar refractivity (Wildman–Crippen MR) is 119 cm³/mol. The highest BCUT2D eigenvalue weighted by atomic mass is 16.5. The Kier molecular flexibility index (Phi) is 4.80. The van der Waals surface area contributed by atoms with Gasteiger partial charge in [0.05, 0.1) is 29.6 Å². The van der Waals surface area contributed by atoms with Crippen molar-refractivity contribution in [1.82, 2.24) is 29.0 Å². The van der Waals surface area contributed by atoms with Gasteiger partial charge in [0, 0.05) is 58.0 Å². The van der Waals surface area contributed by atoms with Crippen molar-refractivity contribution < 1.29 is 9.53 Å². The Hall–Kier alpha value is -2.71. The Labute approximate surface area is 187 Å². The number of rotatable bonds is 5. The molecule has 3 aromatic heterocycles. The predicted octanol–water partition coefficient (Wildman–Crippen LogP) is 2.53. The maximum atomic E-state index is 13.2. The van der Waals surface area contributed by atoms with Gasteiger partial charge in [-0.3, -0.25) is 4.79 Å². The third-order valence-corrected chi connectivity index (χ3v) is 7.25. The van der Waals surface area contributed by atoms with E-state index < -0.39 is 0 Å². The lowest BCUT2D eigenvalue weighted by Crippen LogP contribution is -2.49. The van der Waals surface area contributed by atoms with Gasteiger partial charge in [-0.2, -0.15) is 5.10 Å². The van der Waals surface area contributed by atoms with Crippen molar-refractivity contribution in [3.05, 3.63) is 53.9 Å². The molecule has 32 heavy (non-hydrogen) atoms. The minimum atomic E-state index is -0.385. The van der Waals surface area contributed by atoms with E-state index in [4.69, 9.17) is 9.72 Å². The standard InChI is InChI=1S/C24H30N6O2/c1-27(16-18-5-6-18)17-19-14-25-23-24(32-13-12-29(19)23)7-10-28(11-8-24)22(31)20-15-26-30-9-3-2-4-21(20)30/h2-4,9,14-15,18H,5-8,10-13,16-17H2,1H3. The van der Waals surface area contributed by atoms with Crippen LogP contribution < -0.4 is 0 Å². The van der Waals surface area contributed by atoms with Gasteiger partial charge in [0.25, 0.3) is 5.91 Å². The Bertz CT molecular complexity index is 1140. The van der Waals surface area contributed by atoms with E-state index in [1.165, 1.54) is 25.1 Å². The molecule has 1 spiro atoms. The van der Waals surface area contributed by atoms with Crippen LogP contribution >= 0.6 is 0 Å². The van der Waals surface area contributed by atoms with Crippen molar-refractivity contribution >= 4 is 11.4 Å². The van der Waals surface area contributed by atoms with Crippen LogP contribution in [-0.2, 0) is 23.4 Å². The van der Waals surface area contributed by atoms with E-state index in [9.17, 15) is 4.79 Å². The van der Waals surface area contributed by atoms with E-state index in [1.54, 1.807) is 10.7 Å². The number of carbonyl (C=O) groups excluding carboxylic acids is 1. The van der Waals surface area contributed by atoms with E-state index in [0.29, 0.717) is 25.3 Å². The van der Waals surface area contributed by atoms with Gasteiger partial charge in [0.15, 0.2) is 0 Å². The lowest BCUT2D eigenvalue weighted by atomic mass is 9.89. The van der Waals surface area contributed by atoms with Gasteiger partial charge >= 0.3 is 0 Å². The summed E-state index contributed by atoms with van der Waals surface area (Å²) in [6.07, 6.45) is 9.86. The van der Waals surface area contributed by atoms with Gasteiger partial charge in [0.2, 0.25) is 0 Å². The first kappa shape index (κ1) is 19.9. The van der Waals surface area contributed by atoms with Gasteiger partial charge < -0.3 is 19.1 Å². The molecule has 3 aromatic rings. The lowest BCUT2D eigenvalue weighted by Gasteiger charge is -2.43. The fourth-order valence-electron chi connectivity index (χ4n) is 5.34. The molecule has 1 amide bonds. The Balaban J connectivity index is 1.18. The molecule has 168 valence electrons. The van der Waals surface area contributed by atoms with Crippen LogP contribution in [0.2, 0.25) is 0 Å². The number of piperidine rings is 1. The van der Waals surface area contributed by atoms with E-state index in [1.807, 2.05) is 35.5 Å². The van der Waals surface area contributed by atoms with Crippen molar-refractivity contribution in [2.24, 2.45) is 5.92 Å². The van der Waals surface area contributed by atoms with Crippen LogP contribution in [0.3, 0.4) is 0 Å². The second-order valence-corrected chi connectivity index (χ2v) is 9.59. The highest BCUT2D eigenvalue weighted by Gasteiger charge is 2.44. The monoisotopic (exact) mass is 434 g/mol. The Morgan fingerprint density at radius 2 is 2.06 bits per heavy atom. The van der Waals surface area contributed by atoms with Crippen molar-refractivity contribution in [3.63, 3.8) is 0 Å². The first-order valence-electron chi connectivity index (χ1n) is 11.7. The van der Waals surface area contributed by atoms with Crippen molar-refractivity contribution in [2.75, 3.05) is 33.3 Å². The average Bonchev–Trinajstić information content (AvgIpc) is 3.36. The van der Waals surface area contributed by atoms with Crippen molar-refractivity contribution in [1.29, 1.82) is 0 Å². The zero-order chi connectivity index (χ0) is 21.7. The average molecular weight is 435 g/mol. The van der Waals surface area contributed by atoms with Crippen molar-refractivity contribution in [3.8, 4) is 0 Å². The largest absolute Gasteiger partial charge is 0.365 e. The number of imidazole rings is 1. The summed E-state index contributed by atoms with van der Waals surface area (Å²) in [4.78, 5) is 22.4. The molecule has 2 fully saturated rings.